The number of aromatic nitrogens is 2. The molecule has 2 N–H and O–H groups in total. The minimum atomic E-state index is -1.44. The average molecular weight is 423 g/mol. The van der Waals surface area contributed by atoms with E-state index in [0.717, 1.165) is 26.8 Å². The SMILES string of the molecule is NCc1c(-c2ccc(C(Cl)(Cl)Cl)cc2)nc2sc(-c3ccccc3)cn12. The molecule has 0 aliphatic rings. The van der Waals surface area contributed by atoms with E-state index in [2.05, 4.69) is 22.7 Å². The summed E-state index contributed by atoms with van der Waals surface area (Å²) in [5.74, 6) is 0. The number of benzene rings is 2. The summed E-state index contributed by atoms with van der Waals surface area (Å²) in [5, 5.41) is 0. The number of nitrogens with two attached hydrogens (primary N) is 1. The second-order valence-electron chi connectivity index (χ2n) is 5.80. The predicted molar refractivity (Wildman–Crippen MR) is 111 cm³/mol. The van der Waals surface area contributed by atoms with Crippen molar-refractivity contribution in [3.63, 3.8) is 0 Å². The first-order valence-corrected chi connectivity index (χ1v) is 9.86. The van der Waals surface area contributed by atoms with E-state index in [9.17, 15) is 0 Å². The number of thiazole rings is 1. The fraction of sp³-hybridized carbons (Fsp3) is 0.105. The molecule has 0 saturated heterocycles. The Morgan fingerprint density at radius 2 is 1.65 bits per heavy atom. The number of hydrogen-bond acceptors (Lipinski definition) is 3. The van der Waals surface area contributed by atoms with E-state index in [0.29, 0.717) is 12.1 Å². The van der Waals surface area contributed by atoms with Crippen LogP contribution in [0, 0.1) is 0 Å². The van der Waals surface area contributed by atoms with Gasteiger partial charge in [-0.3, -0.25) is 4.40 Å². The molecule has 0 unspecified atom stereocenters. The molecule has 0 bridgehead atoms. The number of alkyl halides is 3. The van der Waals surface area contributed by atoms with Crippen LogP contribution in [0.1, 0.15) is 11.3 Å². The van der Waals surface area contributed by atoms with Gasteiger partial charge in [-0.05, 0) is 5.56 Å². The minimum absolute atomic E-state index is 0.383. The molecule has 3 nitrogen and oxygen atoms in total. The largest absolute Gasteiger partial charge is 0.325 e. The Morgan fingerprint density at radius 1 is 0.962 bits per heavy atom. The summed E-state index contributed by atoms with van der Waals surface area (Å²) in [7, 11) is 0. The van der Waals surface area contributed by atoms with Crippen molar-refractivity contribution >= 4 is 51.1 Å². The lowest BCUT2D eigenvalue weighted by molar-refractivity contribution is 0.970. The highest BCUT2D eigenvalue weighted by Crippen LogP contribution is 2.39. The van der Waals surface area contributed by atoms with Gasteiger partial charge in [0.1, 0.15) is 0 Å². The second-order valence-corrected chi connectivity index (χ2v) is 9.09. The topological polar surface area (TPSA) is 43.3 Å². The summed E-state index contributed by atoms with van der Waals surface area (Å²) in [6, 6.07) is 17.6. The first kappa shape index (κ1) is 17.8. The highest BCUT2D eigenvalue weighted by atomic mass is 35.6. The van der Waals surface area contributed by atoms with Crippen molar-refractivity contribution in [3.05, 3.63) is 72.1 Å². The van der Waals surface area contributed by atoms with Crippen LogP contribution >= 0.6 is 46.1 Å². The Labute approximate surface area is 170 Å². The molecule has 0 saturated carbocycles. The van der Waals surface area contributed by atoms with Crippen LogP contribution < -0.4 is 5.73 Å². The second kappa shape index (κ2) is 6.87. The Morgan fingerprint density at radius 3 is 2.27 bits per heavy atom. The number of hydrogen-bond donors (Lipinski definition) is 1. The fourth-order valence-corrected chi connectivity index (χ4v) is 4.25. The monoisotopic (exact) mass is 421 g/mol. The van der Waals surface area contributed by atoms with Gasteiger partial charge >= 0.3 is 0 Å². The zero-order valence-electron chi connectivity index (χ0n) is 13.5. The van der Waals surface area contributed by atoms with Crippen LogP contribution in [0.4, 0.5) is 0 Å². The number of fused-ring (bicyclic) bond motifs is 1. The van der Waals surface area contributed by atoms with Gasteiger partial charge in [0.25, 0.3) is 0 Å². The summed E-state index contributed by atoms with van der Waals surface area (Å²) in [4.78, 5) is 6.86. The van der Waals surface area contributed by atoms with Crippen molar-refractivity contribution in [2.24, 2.45) is 5.73 Å². The lowest BCUT2D eigenvalue weighted by atomic mass is 10.1. The maximum atomic E-state index is 6.03. The van der Waals surface area contributed by atoms with E-state index in [1.807, 2.05) is 30.3 Å². The molecule has 0 atom stereocenters. The molecule has 2 heterocycles. The summed E-state index contributed by atoms with van der Waals surface area (Å²) in [6.07, 6.45) is 2.09. The van der Waals surface area contributed by atoms with Crippen molar-refractivity contribution in [2.75, 3.05) is 0 Å². The zero-order chi connectivity index (χ0) is 18.3. The van der Waals surface area contributed by atoms with Gasteiger partial charge in [0.2, 0.25) is 3.79 Å². The molecule has 2 aromatic carbocycles. The van der Waals surface area contributed by atoms with Crippen LogP contribution in [-0.2, 0) is 10.3 Å². The van der Waals surface area contributed by atoms with Crippen molar-refractivity contribution < 1.29 is 0 Å². The molecule has 0 fully saturated rings. The molecular formula is C19H14Cl3N3S. The van der Waals surface area contributed by atoms with Gasteiger partial charge in [0, 0.05) is 23.9 Å². The average Bonchev–Trinajstić information content (AvgIpc) is 3.19. The Bertz CT molecular complexity index is 1050. The third-order valence-corrected chi connectivity index (χ3v) is 5.85. The third kappa shape index (κ3) is 3.24. The van der Waals surface area contributed by atoms with Crippen molar-refractivity contribution in [3.8, 4) is 21.7 Å². The summed E-state index contributed by atoms with van der Waals surface area (Å²) >= 11 is 19.4. The Balaban J connectivity index is 1.78. The van der Waals surface area contributed by atoms with E-state index in [1.165, 1.54) is 5.56 Å². The van der Waals surface area contributed by atoms with E-state index < -0.39 is 3.79 Å². The van der Waals surface area contributed by atoms with Gasteiger partial charge in [-0.2, -0.15) is 0 Å². The third-order valence-electron chi connectivity index (χ3n) is 4.16. The maximum absolute atomic E-state index is 6.03. The number of rotatable bonds is 3. The number of halogens is 3. The Kier molecular flexibility index (Phi) is 4.71. The van der Waals surface area contributed by atoms with Crippen LogP contribution in [0.3, 0.4) is 0 Å². The quantitative estimate of drug-likeness (QED) is 0.410. The van der Waals surface area contributed by atoms with E-state index in [1.54, 1.807) is 23.5 Å². The molecule has 0 aliphatic carbocycles. The maximum Gasteiger partial charge on any atom is 0.216 e. The highest BCUT2D eigenvalue weighted by Gasteiger charge is 2.23. The van der Waals surface area contributed by atoms with Crippen LogP contribution in [0.25, 0.3) is 26.7 Å². The lowest BCUT2D eigenvalue weighted by Crippen LogP contribution is -2.02. The highest BCUT2D eigenvalue weighted by molar-refractivity contribution is 7.20. The molecule has 132 valence electrons. The van der Waals surface area contributed by atoms with Gasteiger partial charge in [0.15, 0.2) is 4.96 Å². The lowest BCUT2D eigenvalue weighted by Gasteiger charge is -2.11. The zero-order valence-corrected chi connectivity index (χ0v) is 16.6. The molecule has 0 radical (unpaired) electrons. The minimum Gasteiger partial charge on any atom is -0.325 e. The summed E-state index contributed by atoms with van der Waals surface area (Å²) in [5.41, 5.74) is 10.6. The molecule has 0 spiro atoms. The predicted octanol–water partition coefficient (Wildman–Crippen LogP) is 6.02. The molecular weight excluding hydrogens is 409 g/mol. The standard InChI is InChI=1S/C19H14Cl3N3S/c20-19(21,22)14-8-6-13(7-9-14)17-15(10-23)25-11-16(26-18(25)24-17)12-4-2-1-3-5-12/h1-9,11H,10,23H2. The van der Waals surface area contributed by atoms with Gasteiger partial charge in [-0.15, -0.1) is 0 Å². The van der Waals surface area contributed by atoms with E-state index in [-0.39, 0.29) is 0 Å². The van der Waals surface area contributed by atoms with Crippen LogP contribution in [0.15, 0.2) is 60.8 Å². The molecule has 0 aliphatic heterocycles. The van der Waals surface area contributed by atoms with Crippen molar-refractivity contribution in [2.45, 2.75) is 10.3 Å². The van der Waals surface area contributed by atoms with E-state index >= 15 is 0 Å². The van der Waals surface area contributed by atoms with Gasteiger partial charge < -0.3 is 5.73 Å². The van der Waals surface area contributed by atoms with Gasteiger partial charge in [-0.25, -0.2) is 4.98 Å². The number of nitrogens with zero attached hydrogens (tertiary/aromatic N) is 2. The molecule has 0 amide bonds. The molecule has 4 aromatic rings. The first-order valence-electron chi connectivity index (χ1n) is 7.91. The van der Waals surface area contributed by atoms with Crippen molar-refractivity contribution in [1.29, 1.82) is 0 Å². The smallest absolute Gasteiger partial charge is 0.216 e. The molecule has 26 heavy (non-hydrogen) atoms. The first-order chi connectivity index (χ1) is 12.5. The fourth-order valence-electron chi connectivity index (χ4n) is 2.87. The molecule has 4 rings (SSSR count). The summed E-state index contributed by atoms with van der Waals surface area (Å²) < 4.78 is 0.625. The van der Waals surface area contributed by atoms with Crippen molar-refractivity contribution in [1.82, 2.24) is 9.38 Å². The van der Waals surface area contributed by atoms with Crippen LogP contribution in [0.5, 0.6) is 0 Å². The molecule has 7 heteroatoms. The summed E-state index contributed by atoms with van der Waals surface area (Å²) in [6.45, 7) is 0.383. The van der Waals surface area contributed by atoms with Gasteiger partial charge in [0.05, 0.1) is 16.3 Å². The molecule has 2 aromatic heterocycles. The van der Waals surface area contributed by atoms with E-state index in [4.69, 9.17) is 45.5 Å². The van der Waals surface area contributed by atoms with Crippen LogP contribution in [-0.4, -0.2) is 9.38 Å². The normalized spacial score (nSPS) is 12.0. The Hall–Kier alpha value is -1.56. The van der Waals surface area contributed by atoms with Gasteiger partial charge in [-0.1, -0.05) is 101 Å². The van der Waals surface area contributed by atoms with Crippen LogP contribution in [0.2, 0.25) is 0 Å². The number of imidazole rings is 1.